The molecule has 0 heterocycles. The summed E-state index contributed by atoms with van der Waals surface area (Å²) in [5.74, 6) is 0.729. The Labute approximate surface area is 85.1 Å². The number of carbonyl (C=O) groups is 1. The molecule has 0 radical (unpaired) electrons. The van der Waals surface area contributed by atoms with Crippen LogP contribution >= 0.6 is 0 Å². The van der Waals surface area contributed by atoms with Crippen LogP contribution in [0.15, 0.2) is 18.2 Å². The molecule has 1 nitrogen and oxygen atoms in total. The van der Waals surface area contributed by atoms with Crippen molar-refractivity contribution in [2.45, 2.75) is 26.7 Å². The zero-order chi connectivity index (χ0) is 10.1. The highest BCUT2D eigenvalue weighted by atomic mass is 16.1. The molecule has 0 amide bonds. The van der Waals surface area contributed by atoms with E-state index in [1.807, 2.05) is 6.92 Å². The first-order chi connectivity index (χ1) is 6.70. The number of hydrogen-bond acceptors (Lipinski definition) is 1. The smallest absolute Gasteiger partial charge is 0.123 e. The number of rotatable bonds is 2. The summed E-state index contributed by atoms with van der Waals surface area (Å²) < 4.78 is 0. The van der Waals surface area contributed by atoms with Gasteiger partial charge < -0.3 is 4.79 Å². The van der Waals surface area contributed by atoms with Crippen LogP contribution < -0.4 is 0 Å². The first kappa shape index (κ1) is 9.45. The van der Waals surface area contributed by atoms with Gasteiger partial charge in [-0.25, -0.2) is 0 Å². The lowest BCUT2D eigenvalue weighted by Gasteiger charge is -2.10. The van der Waals surface area contributed by atoms with Crippen molar-refractivity contribution in [1.29, 1.82) is 0 Å². The van der Waals surface area contributed by atoms with E-state index in [0.29, 0.717) is 5.92 Å². The SMILES string of the molecule is Cc1ccc2c(c1)CC(C(C)C=O)C2. The molecule has 1 aromatic rings. The summed E-state index contributed by atoms with van der Waals surface area (Å²) in [4.78, 5) is 10.7. The van der Waals surface area contributed by atoms with Crippen LogP contribution in [0, 0.1) is 18.8 Å². The van der Waals surface area contributed by atoms with E-state index in [9.17, 15) is 4.79 Å². The van der Waals surface area contributed by atoms with Crippen LogP contribution in [-0.2, 0) is 17.6 Å². The minimum atomic E-state index is 0.197. The van der Waals surface area contributed by atoms with Gasteiger partial charge >= 0.3 is 0 Å². The van der Waals surface area contributed by atoms with Crippen molar-refractivity contribution in [2.24, 2.45) is 11.8 Å². The highest BCUT2D eigenvalue weighted by Crippen LogP contribution is 2.31. The molecule has 0 spiro atoms. The van der Waals surface area contributed by atoms with E-state index in [-0.39, 0.29) is 5.92 Å². The monoisotopic (exact) mass is 188 g/mol. The first-order valence-electron chi connectivity index (χ1n) is 5.24. The number of fused-ring (bicyclic) bond motifs is 1. The van der Waals surface area contributed by atoms with Crippen LogP contribution in [0.25, 0.3) is 0 Å². The van der Waals surface area contributed by atoms with Gasteiger partial charge in [0.2, 0.25) is 0 Å². The van der Waals surface area contributed by atoms with Gasteiger partial charge in [-0.15, -0.1) is 0 Å². The van der Waals surface area contributed by atoms with E-state index in [1.165, 1.54) is 16.7 Å². The number of aldehydes is 1. The lowest BCUT2D eigenvalue weighted by Crippen LogP contribution is -2.12. The van der Waals surface area contributed by atoms with E-state index in [1.54, 1.807) is 0 Å². The van der Waals surface area contributed by atoms with Gasteiger partial charge in [-0.1, -0.05) is 30.7 Å². The molecule has 0 aromatic heterocycles. The largest absolute Gasteiger partial charge is 0.303 e. The fourth-order valence-electron chi connectivity index (χ4n) is 2.26. The molecule has 0 aliphatic heterocycles. The molecule has 1 aromatic carbocycles. The van der Waals surface area contributed by atoms with Crippen LogP contribution in [-0.4, -0.2) is 6.29 Å². The molecule has 14 heavy (non-hydrogen) atoms. The molecule has 0 N–H and O–H groups in total. The third-order valence-corrected chi connectivity index (χ3v) is 3.28. The average molecular weight is 188 g/mol. The summed E-state index contributed by atoms with van der Waals surface area (Å²) >= 11 is 0. The fraction of sp³-hybridized carbons (Fsp3) is 0.462. The van der Waals surface area contributed by atoms with Crippen molar-refractivity contribution < 1.29 is 4.79 Å². The number of carbonyl (C=O) groups excluding carboxylic acids is 1. The summed E-state index contributed by atoms with van der Waals surface area (Å²) in [5, 5.41) is 0. The van der Waals surface area contributed by atoms with Gasteiger partial charge in [-0.05, 0) is 36.8 Å². The Morgan fingerprint density at radius 3 is 2.79 bits per heavy atom. The predicted molar refractivity (Wildman–Crippen MR) is 57.3 cm³/mol. The van der Waals surface area contributed by atoms with Crippen molar-refractivity contribution in [1.82, 2.24) is 0 Å². The molecule has 1 aliphatic rings. The van der Waals surface area contributed by atoms with Gasteiger partial charge in [0, 0.05) is 5.92 Å². The van der Waals surface area contributed by atoms with Crippen LogP contribution in [0.1, 0.15) is 23.6 Å². The lowest BCUT2D eigenvalue weighted by molar-refractivity contribution is -0.111. The summed E-state index contributed by atoms with van der Waals surface area (Å²) in [7, 11) is 0. The Hall–Kier alpha value is -1.11. The summed E-state index contributed by atoms with van der Waals surface area (Å²) in [5.41, 5.74) is 4.21. The predicted octanol–water partition coefficient (Wildman–Crippen LogP) is 2.54. The van der Waals surface area contributed by atoms with Gasteiger partial charge in [-0.3, -0.25) is 0 Å². The van der Waals surface area contributed by atoms with Crippen molar-refractivity contribution in [3.05, 3.63) is 34.9 Å². The molecule has 2 unspecified atom stereocenters. The maximum atomic E-state index is 10.7. The molecule has 1 aliphatic carbocycles. The summed E-state index contributed by atoms with van der Waals surface area (Å²) in [6.07, 6.45) is 3.25. The molecular weight excluding hydrogens is 172 g/mol. The van der Waals surface area contributed by atoms with Gasteiger partial charge in [0.1, 0.15) is 6.29 Å². The second kappa shape index (κ2) is 3.56. The topological polar surface area (TPSA) is 17.1 Å². The lowest BCUT2D eigenvalue weighted by atomic mass is 9.93. The molecule has 0 bridgehead atoms. The van der Waals surface area contributed by atoms with Crippen molar-refractivity contribution in [3.63, 3.8) is 0 Å². The van der Waals surface area contributed by atoms with Crippen molar-refractivity contribution in [2.75, 3.05) is 0 Å². The maximum absolute atomic E-state index is 10.7. The number of hydrogen-bond donors (Lipinski definition) is 0. The van der Waals surface area contributed by atoms with E-state index in [4.69, 9.17) is 0 Å². The van der Waals surface area contributed by atoms with Crippen molar-refractivity contribution in [3.8, 4) is 0 Å². The molecule has 2 atom stereocenters. The molecule has 1 heteroatoms. The van der Waals surface area contributed by atoms with Gasteiger partial charge in [0.05, 0.1) is 0 Å². The first-order valence-corrected chi connectivity index (χ1v) is 5.24. The standard InChI is InChI=1S/C13H16O/c1-9-3-4-11-6-12(10(2)8-14)7-13(11)5-9/h3-5,8,10,12H,6-7H2,1-2H3. The highest BCUT2D eigenvalue weighted by Gasteiger charge is 2.25. The van der Waals surface area contributed by atoms with Crippen molar-refractivity contribution >= 4 is 6.29 Å². The van der Waals surface area contributed by atoms with Crippen LogP contribution in [0.2, 0.25) is 0 Å². The second-order valence-corrected chi connectivity index (χ2v) is 4.44. The molecule has 74 valence electrons. The Morgan fingerprint density at radius 2 is 2.07 bits per heavy atom. The summed E-state index contributed by atoms with van der Waals surface area (Å²) in [6.45, 7) is 4.15. The van der Waals surface area contributed by atoms with E-state index in [2.05, 4.69) is 25.1 Å². The van der Waals surface area contributed by atoms with Gasteiger partial charge in [0.15, 0.2) is 0 Å². The average Bonchev–Trinajstić information content (AvgIpc) is 2.59. The fourth-order valence-corrected chi connectivity index (χ4v) is 2.26. The third kappa shape index (κ3) is 1.59. The zero-order valence-corrected chi connectivity index (χ0v) is 8.79. The van der Waals surface area contributed by atoms with Gasteiger partial charge in [0.25, 0.3) is 0 Å². The second-order valence-electron chi connectivity index (χ2n) is 4.44. The maximum Gasteiger partial charge on any atom is 0.123 e. The Kier molecular flexibility index (Phi) is 2.40. The minimum Gasteiger partial charge on any atom is -0.303 e. The zero-order valence-electron chi connectivity index (χ0n) is 8.79. The molecule has 0 saturated carbocycles. The number of benzene rings is 1. The summed E-state index contributed by atoms with van der Waals surface area (Å²) in [6, 6.07) is 6.63. The molecule has 2 rings (SSSR count). The van der Waals surface area contributed by atoms with Crippen LogP contribution in [0.4, 0.5) is 0 Å². The Bertz CT molecular complexity index is 354. The highest BCUT2D eigenvalue weighted by molar-refractivity contribution is 5.54. The quantitative estimate of drug-likeness (QED) is 0.652. The minimum absolute atomic E-state index is 0.197. The molecular formula is C13H16O. The Balaban J connectivity index is 2.21. The van der Waals surface area contributed by atoms with E-state index >= 15 is 0 Å². The number of aryl methyl sites for hydroxylation is 1. The van der Waals surface area contributed by atoms with Gasteiger partial charge in [-0.2, -0.15) is 0 Å². The molecule has 0 saturated heterocycles. The van der Waals surface area contributed by atoms with Crippen LogP contribution in [0.5, 0.6) is 0 Å². The normalized spacial score (nSPS) is 21.7. The van der Waals surface area contributed by atoms with E-state index < -0.39 is 0 Å². The van der Waals surface area contributed by atoms with E-state index in [0.717, 1.165) is 19.1 Å². The molecule has 0 fully saturated rings. The Morgan fingerprint density at radius 1 is 1.36 bits per heavy atom. The van der Waals surface area contributed by atoms with Crippen LogP contribution in [0.3, 0.4) is 0 Å². The third-order valence-electron chi connectivity index (χ3n) is 3.28.